The van der Waals surface area contributed by atoms with Crippen molar-refractivity contribution in [2.75, 3.05) is 20.3 Å². The minimum Gasteiger partial charge on any atom is -0.493 e. The molecular formula is C30H33ClFNO5. The monoisotopic (exact) mass is 541 g/mol. The van der Waals surface area contributed by atoms with Gasteiger partial charge in [-0.25, -0.2) is 9.37 Å². The van der Waals surface area contributed by atoms with E-state index in [-0.39, 0.29) is 29.1 Å². The third-order valence-corrected chi connectivity index (χ3v) is 7.10. The van der Waals surface area contributed by atoms with E-state index in [1.54, 1.807) is 31.2 Å². The lowest BCUT2D eigenvalue weighted by Crippen LogP contribution is -2.25. The number of rotatable bonds is 10. The number of hydrogen-bond acceptors (Lipinski definition) is 6. The summed E-state index contributed by atoms with van der Waals surface area (Å²) in [6.07, 6.45) is 1.08. The van der Waals surface area contributed by atoms with Gasteiger partial charge in [0.25, 0.3) is 0 Å². The van der Waals surface area contributed by atoms with Gasteiger partial charge in [0.1, 0.15) is 22.9 Å². The van der Waals surface area contributed by atoms with Gasteiger partial charge in [0.15, 0.2) is 17.3 Å². The molecule has 0 radical (unpaired) electrons. The molecule has 8 heteroatoms. The van der Waals surface area contributed by atoms with Crippen LogP contribution in [0.25, 0.3) is 11.3 Å². The van der Waals surface area contributed by atoms with E-state index >= 15 is 0 Å². The third kappa shape index (κ3) is 5.64. The van der Waals surface area contributed by atoms with Crippen LogP contribution in [-0.2, 0) is 11.0 Å². The zero-order valence-corrected chi connectivity index (χ0v) is 23.1. The number of hydrogen-bond donors (Lipinski definition) is 1. The number of carbonyl (C=O) groups is 1. The van der Waals surface area contributed by atoms with E-state index in [2.05, 4.69) is 0 Å². The standard InChI is InChI=1S/C30H33ClFNO5/c1-6-13-37-24-10-8-18(15-25(24)36-5)23(34)11-12-30(4,35)26-16-20-28(38-17-29(20,2)3)27(33-26)19-7-9-22(32)21(31)14-19/h7-10,14-16,35H,6,11-13,17H2,1-5H3. The minimum absolute atomic E-state index is 0.0281. The van der Waals surface area contributed by atoms with Gasteiger partial charge < -0.3 is 19.3 Å². The van der Waals surface area contributed by atoms with Crippen LogP contribution in [0.2, 0.25) is 5.02 Å². The van der Waals surface area contributed by atoms with Crippen LogP contribution in [0.15, 0.2) is 42.5 Å². The molecular weight excluding hydrogens is 509 g/mol. The van der Waals surface area contributed by atoms with Crippen molar-refractivity contribution in [3.63, 3.8) is 0 Å². The van der Waals surface area contributed by atoms with E-state index in [1.165, 1.54) is 19.2 Å². The van der Waals surface area contributed by atoms with Crippen molar-refractivity contribution in [1.29, 1.82) is 0 Å². The van der Waals surface area contributed by atoms with Crippen molar-refractivity contribution in [3.05, 3.63) is 70.1 Å². The number of benzene rings is 2. The number of aliphatic hydroxyl groups is 1. The quantitative estimate of drug-likeness (QED) is 0.282. The molecule has 0 amide bonds. The molecule has 1 unspecified atom stereocenters. The van der Waals surface area contributed by atoms with E-state index in [1.807, 2.05) is 26.8 Å². The normalized spacial score (nSPS) is 15.4. The number of carbonyl (C=O) groups excluding carboxylic acids is 1. The Morgan fingerprint density at radius 2 is 1.97 bits per heavy atom. The maximum atomic E-state index is 13.9. The van der Waals surface area contributed by atoms with Gasteiger partial charge in [0.2, 0.25) is 0 Å². The van der Waals surface area contributed by atoms with E-state index in [9.17, 15) is 14.3 Å². The summed E-state index contributed by atoms with van der Waals surface area (Å²) in [5.41, 5.74) is 1.07. The summed E-state index contributed by atoms with van der Waals surface area (Å²) < 4.78 is 30.9. The molecule has 3 aromatic rings. The fraction of sp³-hybridized carbons (Fsp3) is 0.400. The summed E-state index contributed by atoms with van der Waals surface area (Å²) in [5, 5.41) is 11.5. The molecule has 202 valence electrons. The maximum Gasteiger partial charge on any atom is 0.163 e. The molecule has 2 aromatic carbocycles. The highest BCUT2D eigenvalue weighted by Gasteiger charge is 2.38. The molecule has 1 aliphatic rings. The van der Waals surface area contributed by atoms with Crippen molar-refractivity contribution in [3.8, 4) is 28.5 Å². The number of methoxy groups -OCH3 is 1. The second-order valence-corrected chi connectivity index (χ2v) is 10.9. The molecule has 1 atom stereocenters. The number of halogens is 2. The van der Waals surface area contributed by atoms with Crippen LogP contribution in [0.4, 0.5) is 4.39 Å². The van der Waals surface area contributed by atoms with E-state index < -0.39 is 11.4 Å². The zero-order chi connectivity index (χ0) is 27.7. The Hall–Kier alpha value is -3.16. The molecule has 1 N–H and O–H groups in total. The summed E-state index contributed by atoms with van der Waals surface area (Å²) in [7, 11) is 1.53. The summed E-state index contributed by atoms with van der Waals surface area (Å²) in [4.78, 5) is 17.8. The first kappa shape index (κ1) is 27.9. The van der Waals surface area contributed by atoms with Gasteiger partial charge in [-0.15, -0.1) is 0 Å². The van der Waals surface area contributed by atoms with E-state index in [4.69, 9.17) is 30.8 Å². The Morgan fingerprint density at radius 1 is 1.21 bits per heavy atom. The number of fused-ring (bicyclic) bond motifs is 1. The van der Waals surface area contributed by atoms with Crippen LogP contribution in [0, 0.1) is 5.82 Å². The van der Waals surface area contributed by atoms with Gasteiger partial charge in [0, 0.05) is 28.5 Å². The lowest BCUT2D eigenvalue weighted by Gasteiger charge is -2.25. The lowest BCUT2D eigenvalue weighted by molar-refractivity contribution is 0.0396. The van der Waals surface area contributed by atoms with Gasteiger partial charge in [-0.05, 0) is 62.2 Å². The Balaban J connectivity index is 1.62. The lowest BCUT2D eigenvalue weighted by atomic mass is 9.83. The number of ether oxygens (including phenoxy) is 3. The topological polar surface area (TPSA) is 77.9 Å². The first-order valence-electron chi connectivity index (χ1n) is 12.7. The molecule has 2 heterocycles. The van der Waals surface area contributed by atoms with Gasteiger partial charge in [-0.1, -0.05) is 32.4 Å². The number of ketones is 1. The van der Waals surface area contributed by atoms with E-state index in [0.29, 0.717) is 53.0 Å². The maximum absolute atomic E-state index is 13.9. The van der Waals surface area contributed by atoms with Gasteiger partial charge in [-0.3, -0.25) is 4.79 Å². The molecule has 0 aliphatic carbocycles. The Kier molecular flexibility index (Phi) is 8.00. The van der Waals surface area contributed by atoms with Crippen LogP contribution in [0.3, 0.4) is 0 Å². The second-order valence-electron chi connectivity index (χ2n) is 10.4. The average molecular weight is 542 g/mol. The fourth-order valence-corrected chi connectivity index (χ4v) is 4.61. The summed E-state index contributed by atoms with van der Waals surface area (Å²) >= 11 is 6.05. The van der Waals surface area contributed by atoms with Gasteiger partial charge in [0.05, 0.1) is 31.0 Å². The molecule has 6 nitrogen and oxygen atoms in total. The largest absolute Gasteiger partial charge is 0.493 e. The highest BCUT2D eigenvalue weighted by Crippen LogP contribution is 2.46. The number of aromatic nitrogens is 1. The number of Topliss-reactive ketones (excluding diaryl/α,β-unsaturated/α-hetero) is 1. The van der Waals surface area contributed by atoms with Gasteiger partial charge >= 0.3 is 0 Å². The summed E-state index contributed by atoms with van der Waals surface area (Å²) in [6, 6.07) is 11.3. The Bertz CT molecular complexity index is 1350. The molecule has 0 fully saturated rings. The van der Waals surface area contributed by atoms with Gasteiger partial charge in [-0.2, -0.15) is 0 Å². The van der Waals surface area contributed by atoms with Crippen molar-refractivity contribution < 1.29 is 28.5 Å². The van der Waals surface area contributed by atoms with Crippen molar-refractivity contribution in [2.45, 2.75) is 58.0 Å². The van der Waals surface area contributed by atoms with Crippen LogP contribution < -0.4 is 14.2 Å². The predicted molar refractivity (Wildman–Crippen MR) is 145 cm³/mol. The molecule has 1 aromatic heterocycles. The van der Waals surface area contributed by atoms with Crippen LogP contribution in [-0.4, -0.2) is 36.2 Å². The summed E-state index contributed by atoms with van der Waals surface area (Å²) in [6.45, 7) is 8.73. The zero-order valence-electron chi connectivity index (χ0n) is 22.4. The fourth-order valence-electron chi connectivity index (χ4n) is 4.43. The highest BCUT2D eigenvalue weighted by molar-refractivity contribution is 6.31. The molecule has 4 rings (SSSR count). The predicted octanol–water partition coefficient (Wildman–Crippen LogP) is 6.88. The highest BCUT2D eigenvalue weighted by atomic mass is 35.5. The molecule has 0 spiro atoms. The van der Waals surface area contributed by atoms with Crippen molar-refractivity contribution in [2.24, 2.45) is 0 Å². The average Bonchev–Trinajstić information content (AvgIpc) is 3.21. The van der Waals surface area contributed by atoms with Crippen LogP contribution >= 0.6 is 11.6 Å². The minimum atomic E-state index is -1.42. The van der Waals surface area contributed by atoms with E-state index in [0.717, 1.165) is 12.0 Å². The molecule has 1 aliphatic heterocycles. The smallest absolute Gasteiger partial charge is 0.163 e. The first-order valence-corrected chi connectivity index (χ1v) is 13.1. The molecule has 38 heavy (non-hydrogen) atoms. The SMILES string of the molecule is CCCOc1ccc(C(=O)CCC(C)(O)c2cc3c(c(-c4ccc(F)c(Cl)c4)n2)OCC3(C)C)cc1OC. The third-order valence-electron chi connectivity index (χ3n) is 6.81. The van der Waals surface area contributed by atoms with Crippen LogP contribution in [0.5, 0.6) is 17.2 Å². The first-order chi connectivity index (χ1) is 18.0. The van der Waals surface area contributed by atoms with Crippen molar-refractivity contribution >= 4 is 17.4 Å². The molecule has 0 saturated heterocycles. The second kappa shape index (κ2) is 10.9. The Labute approximate surface area is 227 Å². The number of pyridine rings is 1. The van der Waals surface area contributed by atoms with Crippen LogP contribution in [0.1, 0.15) is 68.6 Å². The summed E-state index contributed by atoms with van der Waals surface area (Å²) in [5.74, 6) is 0.989. The molecule has 0 bridgehead atoms. The Morgan fingerprint density at radius 3 is 2.66 bits per heavy atom. The molecule has 0 saturated carbocycles. The number of nitrogens with zero attached hydrogens (tertiary/aromatic N) is 1. The van der Waals surface area contributed by atoms with Crippen molar-refractivity contribution in [1.82, 2.24) is 4.98 Å².